The molecule has 0 saturated carbocycles. The first-order valence-corrected chi connectivity index (χ1v) is 5.26. The summed E-state index contributed by atoms with van der Waals surface area (Å²) in [6.45, 7) is 5.81. The summed E-state index contributed by atoms with van der Waals surface area (Å²) in [5, 5.41) is 0. The Morgan fingerprint density at radius 1 is 1.42 bits per heavy atom. The van der Waals surface area contributed by atoms with Crippen LogP contribution < -0.4 is 0 Å². The van der Waals surface area contributed by atoms with Crippen LogP contribution in [-0.2, 0) is 4.74 Å². The van der Waals surface area contributed by atoms with Gasteiger partial charge in [0.2, 0.25) is 0 Å². The van der Waals surface area contributed by atoms with E-state index < -0.39 is 0 Å². The standard InChI is InChI=1S/C10H19NO/c1-2-9-5-3-4-6-11(9)7-10-8-12-10/h9-10H,2-8H2,1H3/t9?,10-/m1/s1. The third kappa shape index (κ3) is 1.99. The van der Waals surface area contributed by atoms with Crippen LogP contribution >= 0.6 is 0 Å². The van der Waals surface area contributed by atoms with Gasteiger partial charge in [-0.25, -0.2) is 0 Å². The van der Waals surface area contributed by atoms with E-state index in [9.17, 15) is 0 Å². The van der Waals surface area contributed by atoms with Crippen molar-refractivity contribution in [1.82, 2.24) is 4.90 Å². The molecule has 2 saturated heterocycles. The van der Waals surface area contributed by atoms with Crippen molar-refractivity contribution in [2.45, 2.75) is 44.8 Å². The first kappa shape index (κ1) is 8.52. The lowest BCUT2D eigenvalue weighted by molar-refractivity contribution is 0.132. The molecular formula is C10H19NO. The highest BCUT2D eigenvalue weighted by atomic mass is 16.6. The van der Waals surface area contributed by atoms with E-state index in [4.69, 9.17) is 4.74 Å². The van der Waals surface area contributed by atoms with Gasteiger partial charge in [0.1, 0.15) is 0 Å². The molecule has 2 heteroatoms. The lowest BCUT2D eigenvalue weighted by atomic mass is 10.00. The number of piperidine rings is 1. The van der Waals surface area contributed by atoms with E-state index in [2.05, 4.69) is 11.8 Å². The average Bonchev–Trinajstić information content (AvgIpc) is 2.89. The molecular weight excluding hydrogens is 150 g/mol. The second kappa shape index (κ2) is 3.75. The van der Waals surface area contributed by atoms with Crippen molar-refractivity contribution in [2.24, 2.45) is 0 Å². The van der Waals surface area contributed by atoms with Gasteiger partial charge in [-0.1, -0.05) is 13.3 Å². The van der Waals surface area contributed by atoms with Crippen LogP contribution in [0.1, 0.15) is 32.6 Å². The van der Waals surface area contributed by atoms with Crippen molar-refractivity contribution in [3.05, 3.63) is 0 Å². The number of likely N-dealkylation sites (tertiary alicyclic amines) is 1. The molecule has 0 N–H and O–H groups in total. The third-order valence-corrected chi connectivity index (χ3v) is 3.06. The Morgan fingerprint density at radius 3 is 2.92 bits per heavy atom. The predicted octanol–water partition coefficient (Wildman–Crippen LogP) is 1.65. The van der Waals surface area contributed by atoms with Crippen molar-refractivity contribution in [3.63, 3.8) is 0 Å². The maximum atomic E-state index is 5.26. The fourth-order valence-corrected chi connectivity index (χ4v) is 2.20. The molecule has 2 heterocycles. The minimum atomic E-state index is 0.581. The molecule has 0 aromatic carbocycles. The summed E-state index contributed by atoms with van der Waals surface area (Å²) in [4.78, 5) is 2.63. The Labute approximate surface area is 74.9 Å². The lowest BCUT2D eigenvalue weighted by Gasteiger charge is -2.34. The Morgan fingerprint density at radius 2 is 2.25 bits per heavy atom. The summed E-state index contributed by atoms with van der Waals surface area (Å²) >= 11 is 0. The van der Waals surface area contributed by atoms with Gasteiger partial charge in [0, 0.05) is 12.6 Å². The molecule has 2 nitrogen and oxygen atoms in total. The van der Waals surface area contributed by atoms with Crippen molar-refractivity contribution in [3.8, 4) is 0 Å². The minimum absolute atomic E-state index is 0.581. The maximum absolute atomic E-state index is 5.26. The SMILES string of the molecule is CCC1CCCCN1C[C@@H]1CO1. The third-order valence-electron chi connectivity index (χ3n) is 3.06. The monoisotopic (exact) mass is 169 g/mol. The van der Waals surface area contributed by atoms with Crippen molar-refractivity contribution >= 4 is 0 Å². The smallest absolute Gasteiger partial charge is 0.0936 e. The zero-order chi connectivity index (χ0) is 8.39. The van der Waals surface area contributed by atoms with Gasteiger partial charge in [-0.05, 0) is 25.8 Å². The molecule has 12 heavy (non-hydrogen) atoms. The summed E-state index contributed by atoms with van der Waals surface area (Å²) in [6.07, 6.45) is 6.12. The first-order chi connectivity index (χ1) is 5.90. The first-order valence-electron chi connectivity index (χ1n) is 5.26. The molecule has 0 amide bonds. The van der Waals surface area contributed by atoms with E-state index in [1.54, 1.807) is 0 Å². The highest BCUT2D eigenvalue weighted by Gasteiger charge is 2.29. The molecule has 2 atom stereocenters. The molecule has 2 fully saturated rings. The molecule has 2 aliphatic heterocycles. The van der Waals surface area contributed by atoms with Crippen LogP contribution in [0.2, 0.25) is 0 Å². The van der Waals surface area contributed by atoms with Gasteiger partial charge in [-0.2, -0.15) is 0 Å². The topological polar surface area (TPSA) is 15.8 Å². The van der Waals surface area contributed by atoms with Crippen LogP contribution in [0.15, 0.2) is 0 Å². The van der Waals surface area contributed by atoms with Gasteiger partial charge in [0.25, 0.3) is 0 Å². The lowest BCUT2D eigenvalue weighted by Crippen LogP contribution is -2.41. The van der Waals surface area contributed by atoms with Gasteiger partial charge in [-0.3, -0.25) is 4.90 Å². The van der Waals surface area contributed by atoms with Gasteiger partial charge < -0.3 is 4.74 Å². The molecule has 0 spiro atoms. The van der Waals surface area contributed by atoms with Crippen molar-refractivity contribution in [1.29, 1.82) is 0 Å². The molecule has 0 aromatic rings. The van der Waals surface area contributed by atoms with E-state index in [0.717, 1.165) is 12.6 Å². The van der Waals surface area contributed by atoms with E-state index in [0.29, 0.717) is 6.10 Å². The van der Waals surface area contributed by atoms with Gasteiger partial charge in [0.05, 0.1) is 12.7 Å². The number of hydrogen-bond acceptors (Lipinski definition) is 2. The summed E-state index contributed by atoms with van der Waals surface area (Å²) in [5.74, 6) is 0. The van der Waals surface area contributed by atoms with Crippen LogP contribution in [0.3, 0.4) is 0 Å². The predicted molar refractivity (Wildman–Crippen MR) is 49.2 cm³/mol. The quantitative estimate of drug-likeness (QED) is 0.597. The fourth-order valence-electron chi connectivity index (χ4n) is 2.20. The van der Waals surface area contributed by atoms with Crippen LogP contribution in [0.4, 0.5) is 0 Å². The summed E-state index contributed by atoms with van der Waals surface area (Å²) in [6, 6.07) is 0.850. The second-order valence-electron chi connectivity index (χ2n) is 4.01. The van der Waals surface area contributed by atoms with Crippen LogP contribution in [0.25, 0.3) is 0 Å². The Bertz CT molecular complexity index is 145. The zero-order valence-corrected chi connectivity index (χ0v) is 7.96. The molecule has 0 bridgehead atoms. The Hall–Kier alpha value is -0.0800. The van der Waals surface area contributed by atoms with E-state index in [1.165, 1.54) is 38.8 Å². The molecule has 1 unspecified atom stereocenters. The van der Waals surface area contributed by atoms with E-state index in [-0.39, 0.29) is 0 Å². The Kier molecular flexibility index (Phi) is 2.66. The summed E-state index contributed by atoms with van der Waals surface area (Å²) in [5.41, 5.74) is 0. The molecule has 70 valence electrons. The highest BCUT2D eigenvalue weighted by Crippen LogP contribution is 2.22. The van der Waals surface area contributed by atoms with Crippen molar-refractivity contribution < 1.29 is 4.74 Å². The molecule has 0 aromatic heterocycles. The summed E-state index contributed by atoms with van der Waals surface area (Å²) in [7, 11) is 0. The fraction of sp³-hybridized carbons (Fsp3) is 1.00. The van der Waals surface area contributed by atoms with Crippen LogP contribution in [0.5, 0.6) is 0 Å². The van der Waals surface area contributed by atoms with Crippen molar-refractivity contribution in [2.75, 3.05) is 19.7 Å². The Balaban J connectivity index is 1.81. The molecule has 2 aliphatic rings. The van der Waals surface area contributed by atoms with Crippen LogP contribution in [0, 0.1) is 0 Å². The zero-order valence-electron chi connectivity index (χ0n) is 7.96. The number of hydrogen-bond donors (Lipinski definition) is 0. The number of rotatable bonds is 3. The second-order valence-corrected chi connectivity index (χ2v) is 4.01. The van der Waals surface area contributed by atoms with Crippen LogP contribution in [-0.4, -0.2) is 36.7 Å². The number of ether oxygens (including phenoxy) is 1. The normalized spacial score (nSPS) is 36.8. The van der Waals surface area contributed by atoms with Gasteiger partial charge >= 0.3 is 0 Å². The van der Waals surface area contributed by atoms with Gasteiger partial charge in [0.15, 0.2) is 0 Å². The maximum Gasteiger partial charge on any atom is 0.0936 e. The van der Waals surface area contributed by atoms with Gasteiger partial charge in [-0.15, -0.1) is 0 Å². The number of epoxide rings is 1. The molecule has 0 aliphatic carbocycles. The van der Waals surface area contributed by atoms with E-state index >= 15 is 0 Å². The largest absolute Gasteiger partial charge is 0.372 e. The highest BCUT2D eigenvalue weighted by molar-refractivity contribution is 4.81. The van der Waals surface area contributed by atoms with E-state index in [1.807, 2.05) is 0 Å². The summed E-state index contributed by atoms with van der Waals surface area (Å²) < 4.78 is 5.26. The molecule has 0 radical (unpaired) electrons. The molecule has 2 rings (SSSR count). The number of nitrogens with zero attached hydrogens (tertiary/aromatic N) is 1. The average molecular weight is 169 g/mol. The minimum Gasteiger partial charge on any atom is -0.372 e.